The first-order chi connectivity index (χ1) is 7.50. The SMILES string of the molecule is CC(C)(C)c1noc(-c2csc(CN)n2)n1. The Morgan fingerprint density at radius 3 is 2.62 bits per heavy atom. The average Bonchev–Trinajstić information content (AvgIpc) is 2.85. The molecule has 0 aliphatic carbocycles. The van der Waals surface area contributed by atoms with Crippen molar-refractivity contribution in [3.05, 3.63) is 16.2 Å². The maximum atomic E-state index is 5.50. The molecule has 2 aromatic rings. The fraction of sp³-hybridized carbons (Fsp3) is 0.500. The van der Waals surface area contributed by atoms with Crippen molar-refractivity contribution in [2.45, 2.75) is 32.7 Å². The van der Waals surface area contributed by atoms with Crippen LogP contribution >= 0.6 is 11.3 Å². The zero-order chi connectivity index (χ0) is 11.8. The summed E-state index contributed by atoms with van der Waals surface area (Å²) < 4.78 is 5.18. The summed E-state index contributed by atoms with van der Waals surface area (Å²) in [6.45, 7) is 6.54. The van der Waals surface area contributed by atoms with Crippen LogP contribution in [-0.2, 0) is 12.0 Å². The van der Waals surface area contributed by atoms with Gasteiger partial charge in [0.15, 0.2) is 5.82 Å². The monoisotopic (exact) mass is 238 g/mol. The standard InChI is InChI=1S/C10H14N4OS/c1-10(2,3)9-13-8(15-14-9)6-5-16-7(4-11)12-6/h5H,4,11H2,1-3H3. The molecule has 0 aliphatic rings. The Bertz CT molecular complexity index is 483. The molecule has 0 fully saturated rings. The Balaban J connectivity index is 2.31. The van der Waals surface area contributed by atoms with Gasteiger partial charge in [0.1, 0.15) is 10.7 Å². The summed E-state index contributed by atoms with van der Waals surface area (Å²) >= 11 is 1.50. The number of hydrogen-bond donors (Lipinski definition) is 1. The lowest BCUT2D eigenvalue weighted by Gasteiger charge is -2.10. The van der Waals surface area contributed by atoms with E-state index in [-0.39, 0.29) is 5.41 Å². The highest BCUT2D eigenvalue weighted by Gasteiger charge is 2.22. The molecule has 0 aromatic carbocycles. The Labute approximate surface area is 97.7 Å². The second-order valence-corrected chi connectivity index (χ2v) is 5.45. The van der Waals surface area contributed by atoms with E-state index in [1.54, 1.807) is 0 Å². The van der Waals surface area contributed by atoms with E-state index in [9.17, 15) is 0 Å². The molecule has 16 heavy (non-hydrogen) atoms. The molecule has 0 saturated heterocycles. The molecule has 0 atom stereocenters. The van der Waals surface area contributed by atoms with Crippen molar-refractivity contribution in [2.75, 3.05) is 0 Å². The third-order valence-corrected chi connectivity index (χ3v) is 2.91. The molecule has 0 spiro atoms. The van der Waals surface area contributed by atoms with E-state index in [1.165, 1.54) is 11.3 Å². The predicted molar refractivity (Wildman–Crippen MR) is 62.0 cm³/mol. The van der Waals surface area contributed by atoms with Gasteiger partial charge in [-0.1, -0.05) is 25.9 Å². The van der Waals surface area contributed by atoms with Crippen LogP contribution < -0.4 is 5.73 Å². The number of nitrogens with two attached hydrogens (primary N) is 1. The second kappa shape index (κ2) is 3.95. The van der Waals surface area contributed by atoms with Crippen molar-refractivity contribution < 1.29 is 4.52 Å². The van der Waals surface area contributed by atoms with Gasteiger partial charge in [0, 0.05) is 17.3 Å². The Morgan fingerprint density at radius 2 is 2.12 bits per heavy atom. The number of nitrogens with zero attached hydrogens (tertiary/aromatic N) is 3. The van der Waals surface area contributed by atoms with Gasteiger partial charge in [-0.15, -0.1) is 11.3 Å². The van der Waals surface area contributed by atoms with E-state index >= 15 is 0 Å². The van der Waals surface area contributed by atoms with Gasteiger partial charge < -0.3 is 10.3 Å². The lowest BCUT2D eigenvalue weighted by molar-refractivity contribution is 0.401. The first kappa shape index (κ1) is 11.2. The highest BCUT2D eigenvalue weighted by Crippen LogP contribution is 2.24. The van der Waals surface area contributed by atoms with Crippen LogP contribution in [0.2, 0.25) is 0 Å². The molecule has 0 saturated carbocycles. The fourth-order valence-corrected chi connectivity index (χ4v) is 1.78. The van der Waals surface area contributed by atoms with Crippen molar-refractivity contribution in [2.24, 2.45) is 5.73 Å². The summed E-state index contributed by atoms with van der Waals surface area (Å²) in [6, 6.07) is 0. The summed E-state index contributed by atoms with van der Waals surface area (Å²) in [5.74, 6) is 1.14. The lowest BCUT2D eigenvalue weighted by atomic mass is 9.96. The summed E-state index contributed by atoms with van der Waals surface area (Å²) in [5.41, 5.74) is 6.08. The first-order valence-electron chi connectivity index (χ1n) is 5.00. The minimum absolute atomic E-state index is 0.117. The van der Waals surface area contributed by atoms with Crippen LogP contribution in [0.25, 0.3) is 11.6 Å². The first-order valence-corrected chi connectivity index (χ1v) is 5.87. The molecule has 2 N–H and O–H groups in total. The molecule has 86 valence electrons. The van der Waals surface area contributed by atoms with E-state index in [4.69, 9.17) is 10.3 Å². The zero-order valence-electron chi connectivity index (χ0n) is 9.52. The van der Waals surface area contributed by atoms with E-state index < -0.39 is 0 Å². The van der Waals surface area contributed by atoms with Crippen LogP contribution in [0, 0.1) is 0 Å². The topological polar surface area (TPSA) is 77.8 Å². The van der Waals surface area contributed by atoms with Gasteiger partial charge in [-0.3, -0.25) is 0 Å². The normalized spacial score (nSPS) is 12.0. The van der Waals surface area contributed by atoms with E-state index in [0.29, 0.717) is 24.0 Å². The molecule has 2 heterocycles. The summed E-state index contributed by atoms with van der Waals surface area (Å²) in [4.78, 5) is 8.62. The molecule has 2 aromatic heterocycles. The molecule has 6 heteroatoms. The van der Waals surface area contributed by atoms with Crippen molar-refractivity contribution in [3.63, 3.8) is 0 Å². The second-order valence-electron chi connectivity index (χ2n) is 4.50. The van der Waals surface area contributed by atoms with E-state index in [0.717, 1.165) is 5.01 Å². The zero-order valence-corrected chi connectivity index (χ0v) is 10.3. The van der Waals surface area contributed by atoms with Crippen LogP contribution in [0.4, 0.5) is 0 Å². The minimum atomic E-state index is -0.117. The smallest absolute Gasteiger partial charge is 0.277 e. The van der Waals surface area contributed by atoms with E-state index in [2.05, 4.69) is 15.1 Å². The summed E-state index contributed by atoms with van der Waals surface area (Å²) in [7, 11) is 0. The molecular formula is C10H14N4OS. The molecule has 0 radical (unpaired) electrons. The van der Waals surface area contributed by atoms with Gasteiger partial charge in [-0.2, -0.15) is 4.98 Å². The van der Waals surface area contributed by atoms with Crippen LogP contribution in [0.15, 0.2) is 9.90 Å². The summed E-state index contributed by atoms with van der Waals surface area (Å²) in [6.07, 6.45) is 0. The molecule has 0 unspecified atom stereocenters. The highest BCUT2D eigenvalue weighted by molar-refractivity contribution is 7.09. The van der Waals surface area contributed by atoms with Crippen LogP contribution in [0.1, 0.15) is 31.6 Å². The van der Waals surface area contributed by atoms with E-state index in [1.807, 2.05) is 26.2 Å². The number of rotatable bonds is 2. The van der Waals surface area contributed by atoms with Crippen LogP contribution in [0.5, 0.6) is 0 Å². The summed E-state index contributed by atoms with van der Waals surface area (Å²) in [5, 5.41) is 6.69. The van der Waals surface area contributed by atoms with Crippen LogP contribution in [0.3, 0.4) is 0 Å². The molecule has 2 rings (SSSR count). The van der Waals surface area contributed by atoms with Gasteiger partial charge in [-0.05, 0) is 0 Å². The number of thiazole rings is 1. The quantitative estimate of drug-likeness (QED) is 0.865. The van der Waals surface area contributed by atoms with Gasteiger partial charge in [0.05, 0.1) is 0 Å². The maximum Gasteiger partial charge on any atom is 0.277 e. The Kier molecular flexibility index (Phi) is 2.77. The van der Waals surface area contributed by atoms with Crippen molar-refractivity contribution in [1.29, 1.82) is 0 Å². The van der Waals surface area contributed by atoms with Gasteiger partial charge in [-0.25, -0.2) is 4.98 Å². The van der Waals surface area contributed by atoms with Crippen LogP contribution in [-0.4, -0.2) is 15.1 Å². The predicted octanol–water partition coefficient (Wildman–Crippen LogP) is 1.95. The van der Waals surface area contributed by atoms with Crippen molar-refractivity contribution in [1.82, 2.24) is 15.1 Å². The lowest BCUT2D eigenvalue weighted by Crippen LogP contribution is -2.13. The maximum absolute atomic E-state index is 5.50. The number of hydrogen-bond acceptors (Lipinski definition) is 6. The molecular weight excluding hydrogens is 224 g/mol. The highest BCUT2D eigenvalue weighted by atomic mass is 32.1. The molecule has 0 bridgehead atoms. The molecule has 0 amide bonds. The average molecular weight is 238 g/mol. The van der Waals surface area contributed by atoms with Gasteiger partial charge in [0.25, 0.3) is 5.89 Å². The number of aromatic nitrogens is 3. The largest absolute Gasteiger partial charge is 0.332 e. The Hall–Kier alpha value is -1.27. The van der Waals surface area contributed by atoms with Gasteiger partial charge in [0.2, 0.25) is 0 Å². The van der Waals surface area contributed by atoms with Gasteiger partial charge >= 0.3 is 0 Å². The minimum Gasteiger partial charge on any atom is -0.332 e. The van der Waals surface area contributed by atoms with Crippen molar-refractivity contribution >= 4 is 11.3 Å². The molecule has 0 aliphatic heterocycles. The Morgan fingerprint density at radius 1 is 1.38 bits per heavy atom. The van der Waals surface area contributed by atoms with Crippen molar-refractivity contribution in [3.8, 4) is 11.6 Å². The molecule has 5 nitrogen and oxygen atoms in total. The third-order valence-electron chi connectivity index (χ3n) is 2.04. The fourth-order valence-electron chi connectivity index (χ4n) is 1.14. The third kappa shape index (κ3) is 2.12.